The van der Waals surface area contributed by atoms with E-state index in [2.05, 4.69) is 17.2 Å². The van der Waals surface area contributed by atoms with Gasteiger partial charge in [-0.3, -0.25) is 10.2 Å². The molecule has 2 rings (SSSR count). The van der Waals surface area contributed by atoms with Crippen LogP contribution in [0, 0.1) is 0 Å². The molecule has 0 spiro atoms. The minimum absolute atomic E-state index is 0.157. The first-order valence-electron chi connectivity index (χ1n) is 9.62. The van der Waals surface area contributed by atoms with E-state index in [4.69, 9.17) is 21.1 Å². The van der Waals surface area contributed by atoms with Gasteiger partial charge >= 0.3 is 12.0 Å². The minimum atomic E-state index is -0.424. The van der Waals surface area contributed by atoms with Crippen molar-refractivity contribution in [3.63, 3.8) is 0 Å². The molecule has 29 heavy (non-hydrogen) atoms. The molecule has 0 unspecified atom stereocenters. The highest BCUT2D eigenvalue weighted by Gasteiger charge is 2.16. The molecule has 0 aliphatic carbocycles. The number of benzene rings is 1. The standard InChI is InChI=1S/C21H26ClN3O4/c1-3-5-6-13-25(21(27)24-19-12-7-16(22)14-23-19)17-8-10-18(11-9-17)29-15-20(26)28-4-2/h7-12,14H,3-6,13,15H2,1-2H3,(H,23,24,27). The second-order valence-corrected chi connectivity index (χ2v) is 6.67. The molecular weight excluding hydrogens is 394 g/mol. The number of rotatable bonds is 10. The number of pyridine rings is 1. The summed E-state index contributed by atoms with van der Waals surface area (Å²) in [7, 11) is 0. The Morgan fingerprint density at radius 2 is 1.86 bits per heavy atom. The number of carbonyl (C=O) groups is 2. The van der Waals surface area contributed by atoms with Crippen molar-refractivity contribution in [1.82, 2.24) is 4.98 Å². The molecule has 1 aromatic heterocycles. The van der Waals surface area contributed by atoms with Gasteiger partial charge in [-0.1, -0.05) is 31.4 Å². The molecular formula is C21H26ClN3O4. The molecule has 0 fully saturated rings. The topological polar surface area (TPSA) is 80.8 Å². The smallest absolute Gasteiger partial charge is 0.344 e. The van der Waals surface area contributed by atoms with Crippen molar-refractivity contribution in [2.45, 2.75) is 33.1 Å². The van der Waals surface area contributed by atoms with E-state index in [-0.39, 0.29) is 12.6 Å². The predicted octanol–water partition coefficient (Wildman–Crippen LogP) is 4.91. The van der Waals surface area contributed by atoms with Crippen LogP contribution in [0.3, 0.4) is 0 Å². The lowest BCUT2D eigenvalue weighted by Crippen LogP contribution is -2.36. The fourth-order valence-electron chi connectivity index (χ4n) is 2.56. The number of anilines is 2. The first-order valence-corrected chi connectivity index (χ1v) is 9.99. The number of nitrogens with one attached hydrogen (secondary N) is 1. The van der Waals surface area contributed by atoms with Crippen LogP contribution in [0.15, 0.2) is 42.6 Å². The lowest BCUT2D eigenvalue weighted by molar-refractivity contribution is -0.145. The quantitative estimate of drug-likeness (QED) is 0.437. The largest absolute Gasteiger partial charge is 0.482 e. The summed E-state index contributed by atoms with van der Waals surface area (Å²) in [5, 5.41) is 3.29. The fourth-order valence-corrected chi connectivity index (χ4v) is 2.67. The van der Waals surface area contributed by atoms with Gasteiger partial charge in [0.2, 0.25) is 0 Å². The van der Waals surface area contributed by atoms with Crippen LogP contribution in [0.4, 0.5) is 16.3 Å². The van der Waals surface area contributed by atoms with Gasteiger partial charge in [0, 0.05) is 18.4 Å². The zero-order valence-electron chi connectivity index (χ0n) is 16.7. The lowest BCUT2D eigenvalue weighted by Gasteiger charge is -2.23. The maximum Gasteiger partial charge on any atom is 0.344 e. The van der Waals surface area contributed by atoms with Crippen molar-refractivity contribution in [1.29, 1.82) is 0 Å². The summed E-state index contributed by atoms with van der Waals surface area (Å²) in [6.07, 6.45) is 4.42. The van der Waals surface area contributed by atoms with E-state index >= 15 is 0 Å². The van der Waals surface area contributed by atoms with Gasteiger partial charge in [-0.05, 0) is 49.7 Å². The van der Waals surface area contributed by atoms with E-state index < -0.39 is 5.97 Å². The molecule has 0 radical (unpaired) electrons. The molecule has 0 saturated heterocycles. The van der Waals surface area contributed by atoms with E-state index in [1.54, 1.807) is 48.2 Å². The number of hydrogen-bond acceptors (Lipinski definition) is 5. The van der Waals surface area contributed by atoms with Crippen LogP contribution in [-0.4, -0.2) is 36.7 Å². The molecule has 1 heterocycles. The molecule has 0 bridgehead atoms. The van der Waals surface area contributed by atoms with Crippen LogP contribution >= 0.6 is 11.6 Å². The predicted molar refractivity (Wildman–Crippen MR) is 114 cm³/mol. The number of nitrogens with zero attached hydrogens (tertiary/aromatic N) is 2. The Bertz CT molecular complexity index is 782. The summed E-state index contributed by atoms with van der Waals surface area (Å²) in [4.78, 5) is 30.0. The van der Waals surface area contributed by atoms with Gasteiger partial charge in [-0.15, -0.1) is 0 Å². The molecule has 8 heteroatoms. The number of ether oxygens (including phenoxy) is 2. The average Bonchev–Trinajstić information content (AvgIpc) is 2.72. The summed E-state index contributed by atoms with van der Waals surface area (Å²) in [5.74, 6) is 0.525. The molecule has 1 aromatic carbocycles. The maximum absolute atomic E-state index is 12.8. The van der Waals surface area contributed by atoms with E-state index in [1.165, 1.54) is 6.20 Å². The Morgan fingerprint density at radius 1 is 1.10 bits per heavy atom. The zero-order chi connectivity index (χ0) is 21.1. The Labute approximate surface area is 176 Å². The third kappa shape index (κ3) is 7.62. The number of halogens is 1. The van der Waals surface area contributed by atoms with Crippen molar-refractivity contribution in [2.75, 3.05) is 30.0 Å². The molecule has 1 N–H and O–H groups in total. The summed E-state index contributed by atoms with van der Waals surface area (Å²) >= 11 is 5.84. The van der Waals surface area contributed by atoms with E-state index in [0.717, 1.165) is 24.9 Å². The van der Waals surface area contributed by atoms with Crippen LogP contribution in [-0.2, 0) is 9.53 Å². The Balaban J connectivity index is 2.06. The molecule has 156 valence electrons. The van der Waals surface area contributed by atoms with E-state index in [0.29, 0.717) is 29.7 Å². The fraction of sp³-hybridized carbons (Fsp3) is 0.381. The Morgan fingerprint density at radius 3 is 2.48 bits per heavy atom. The zero-order valence-corrected chi connectivity index (χ0v) is 17.4. The van der Waals surface area contributed by atoms with Crippen molar-refractivity contribution in [3.05, 3.63) is 47.6 Å². The van der Waals surface area contributed by atoms with Gasteiger partial charge < -0.3 is 9.47 Å². The summed E-state index contributed by atoms with van der Waals surface area (Å²) in [5.41, 5.74) is 0.719. The van der Waals surface area contributed by atoms with Crippen molar-refractivity contribution < 1.29 is 19.1 Å². The number of unbranched alkanes of at least 4 members (excludes halogenated alkanes) is 2. The normalized spacial score (nSPS) is 10.3. The summed E-state index contributed by atoms with van der Waals surface area (Å²) in [6.45, 7) is 4.57. The van der Waals surface area contributed by atoms with Gasteiger partial charge in [-0.2, -0.15) is 0 Å². The molecule has 0 aliphatic heterocycles. The first-order chi connectivity index (χ1) is 14.0. The average molecular weight is 420 g/mol. The van der Waals surface area contributed by atoms with Crippen molar-refractivity contribution in [3.8, 4) is 5.75 Å². The third-order valence-corrected chi connectivity index (χ3v) is 4.23. The minimum Gasteiger partial charge on any atom is -0.482 e. The molecule has 2 aromatic rings. The van der Waals surface area contributed by atoms with Crippen LogP contribution in [0.25, 0.3) is 0 Å². The molecule has 2 amide bonds. The lowest BCUT2D eigenvalue weighted by atomic mass is 10.2. The van der Waals surface area contributed by atoms with E-state index in [1.807, 2.05) is 0 Å². The molecule has 7 nitrogen and oxygen atoms in total. The second-order valence-electron chi connectivity index (χ2n) is 6.24. The van der Waals surface area contributed by atoms with E-state index in [9.17, 15) is 9.59 Å². The summed E-state index contributed by atoms with van der Waals surface area (Å²) < 4.78 is 10.2. The molecule has 0 atom stereocenters. The Hall–Kier alpha value is -2.80. The molecule has 0 saturated carbocycles. The number of amides is 2. The second kappa shape index (κ2) is 11.9. The van der Waals surface area contributed by atoms with Crippen LogP contribution in [0.1, 0.15) is 33.1 Å². The maximum atomic E-state index is 12.8. The van der Waals surface area contributed by atoms with Gasteiger partial charge in [0.05, 0.1) is 11.6 Å². The number of esters is 1. The number of hydrogen-bond donors (Lipinski definition) is 1. The van der Waals surface area contributed by atoms with Crippen molar-refractivity contribution >= 4 is 35.1 Å². The van der Waals surface area contributed by atoms with Crippen molar-refractivity contribution in [2.24, 2.45) is 0 Å². The highest BCUT2D eigenvalue weighted by Crippen LogP contribution is 2.21. The third-order valence-electron chi connectivity index (χ3n) is 4.00. The van der Waals surface area contributed by atoms with Crippen LogP contribution < -0.4 is 15.0 Å². The number of carbonyl (C=O) groups excluding carboxylic acids is 2. The highest BCUT2D eigenvalue weighted by atomic mass is 35.5. The summed E-state index contributed by atoms with van der Waals surface area (Å²) in [6, 6.07) is 10.0. The monoisotopic (exact) mass is 419 g/mol. The van der Waals surface area contributed by atoms with Crippen LogP contribution in [0.2, 0.25) is 5.02 Å². The van der Waals surface area contributed by atoms with Gasteiger partial charge in [0.15, 0.2) is 6.61 Å². The first kappa shape index (κ1) is 22.5. The van der Waals surface area contributed by atoms with Crippen LogP contribution in [0.5, 0.6) is 5.75 Å². The number of urea groups is 1. The highest BCUT2D eigenvalue weighted by molar-refractivity contribution is 6.30. The SMILES string of the molecule is CCCCCN(C(=O)Nc1ccc(Cl)cn1)c1ccc(OCC(=O)OCC)cc1. The van der Waals surface area contributed by atoms with Gasteiger partial charge in [0.1, 0.15) is 11.6 Å². The van der Waals surface area contributed by atoms with Gasteiger partial charge in [-0.25, -0.2) is 14.6 Å². The molecule has 0 aliphatic rings. The Kier molecular flexibility index (Phi) is 9.24. The number of aromatic nitrogens is 1. The van der Waals surface area contributed by atoms with Gasteiger partial charge in [0.25, 0.3) is 0 Å².